The SMILES string of the molecule is C=C1C[C@H]2C=Nc3cc(OCc4cc(COc5cc6c(cc5OC)C(=O)N5CC(=C)C[C@H]5C=N6)cc(C[N+](C)(C)Cc5ccc(OS(=O)(=O)Oc6cc(C(=O)CC(C)C)ccc6OC6O[C@H](CO)[C@H](O)[C@H](O)[C@H]6O)cc5)c4)c(OC)cc3C(=O)N2C1. The summed E-state index contributed by atoms with van der Waals surface area (Å²) in [6.07, 6.45) is -3.38. The van der Waals surface area contributed by atoms with Crippen LogP contribution in [0.25, 0.3) is 0 Å². The Morgan fingerprint density at radius 3 is 1.73 bits per heavy atom. The van der Waals surface area contributed by atoms with Crippen LogP contribution < -0.4 is 32.1 Å². The van der Waals surface area contributed by atoms with Crippen LogP contribution in [0.5, 0.6) is 40.2 Å². The van der Waals surface area contributed by atoms with Gasteiger partial charge in [0, 0.05) is 60.8 Å². The third-order valence-corrected chi connectivity index (χ3v) is 16.1. The van der Waals surface area contributed by atoms with E-state index in [1.807, 2.05) is 46.1 Å². The molecule has 5 aromatic rings. The van der Waals surface area contributed by atoms with E-state index in [-0.39, 0.29) is 72.3 Å². The lowest BCUT2D eigenvalue weighted by Crippen LogP contribution is -2.60. The molecule has 22 nitrogen and oxygen atoms in total. The average molecular weight is 1200 g/mol. The quantitative estimate of drug-likeness (QED) is 0.0318. The van der Waals surface area contributed by atoms with Gasteiger partial charge in [-0.1, -0.05) is 38.2 Å². The van der Waals surface area contributed by atoms with Crippen LogP contribution >= 0.6 is 0 Å². The molecule has 0 radical (unpaired) electrons. The maximum atomic E-state index is 13.7. The number of Topliss-reactive ketones (excluding diaryl/α,β-unsaturated/α-hetero) is 1. The number of amides is 2. The first kappa shape index (κ1) is 60.9. The van der Waals surface area contributed by atoms with Crippen LogP contribution in [0.2, 0.25) is 0 Å². The van der Waals surface area contributed by atoms with Crippen molar-refractivity contribution in [3.8, 4) is 40.2 Å². The van der Waals surface area contributed by atoms with Crippen molar-refractivity contribution in [2.45, 2.75) is 102 Å². The highest BCUT2D eigenvalue weighted by molar-refractivity contribution is 7.82. The first-order valence-corrected chi connectivity index (χ1v) is 29.3. The zero-order valence-corrected chi connectivity index (χ0v) is 49.4. The summed E-state index contributed by atoms with van der Waals surface area (Å²) in [6, 6.07) is 22.5. The zero-order valence-electron chi connectivity index (χ0n) is 48.6. The van der Waals surface area contributed by atoms with Crippen LogP contribution in [0.15, 0.2) is 119 Å². The van der Waals surface area contributed by atoms with Crippen molar-refractivity contribution >= 4 is 51.8 Å². The van der Waals surface area contributed by atoms with E-state index in [2.05, 4.69) is 13.2 Å². The molecule has 2 amide bonds. The topological polar surface area (TPSA) is 271 Å². The number of carbonyl (C=O) groups is 3. The van der Waals surface area contributed by atoms with Gasteiger partial charge in [-0.05, 0) is 103 Å². The first-order chi connectivity index (χ1) is 41.0. The zero-order chi connectivity index (χ0) is 61.4. The molecule has 86 heavy (non-hydrogen) atoms. The molecule has 0 spiro atoms. The molecule has 7 atom stereocenters. The van der Waals surface area contributed by atoms with E-state index in [1.54, 1.807) is 58.6 Å². The maximum Gasteiger partial charge on any atom is 0.501 e. The molecule has 4 N–H and O–H groups in total. The lowest BCUT2D eigenvalue weighted by atomic mass is 9.99. The Bertz CT molecular complexity index is 3510. The molecule has 0 aliphatic carbocycles. The van der Waals surface area contributed by atoms with Crippen molar-refractivity contribution < 1.29 is 84.5 Å². The molecule has 5 aliphatic heterocycles. The Morgan fingerprint density at radius 1 is 0.674 bits per heavy atom. The fourth-order valence-electron chi connectivity index (χ4n) is 11.2. The Labute approximate surface area is 498 Å². The lowest BCUT2D eigenvalue weighted by Gasteiger charge is -2.39. The standard InChI is InChI=1S/C63H70N5O17S/c1-35(2)15-50(70)42-11-14-51(82-63-60(73)59(72)58(71)57(32-69)83-63)56(21-42)85-86(76,77)84-45-12-9-38(10-13-45)30-68(5,6)31-39-18-40(33-80-54-24-48-46(22-52(54)78-7)61(74)66-28-36(3)16-43(66)26-64-48)20-41(19-39)34-81-55-25-49-47(23-53(55)79-8)62(75)67-29-37(4)17-44(67)27-65-49/h9-14,18-27,35,43-44,57-60,63,69,71-73H,3-4,15-17,28-34H2,1-2,5-8H3/q+1/t43-,44-,57+,58-,59-,60+,63?/m0/s1. The number of ether oxygens (including phenoxy) is 6. The fourth-order valence-corrected chi connectivity index (χ4v) is 11.9. The van der Waals surface area contributed by atoms with Gasteiger partial charge < -0.3 is 71.5 Å². The maximum absolute atomic E-state index is 13.7. The van der Waals surface area contributed by atoms with Gasteiger partial charge in [-0.25, -0.2) is 0 Å². The van der Waals surface area contributed by atoms with E-state index in [0.29, 0.717) is 89.0 Å². The summed E-state index contributed by atoms with van der Waals surface area (Å²) in [5.41, 5.74) is 7.03. The van der Waals surface area contributed by atoms with Crippen molar-refractivity contribution in [1.82, 2.24) is 9.80 Å². The summed E-state index contributed by atoms with van der Waals surface area (Å²) in [7, 11) is 2.15. The number of aliphatic imine (C=N–C) groups is 2. The van der Waals surface area contributed by atoms with Gasteiger partial charge in [0.1, 0.15) is 56.5 Å². The molecule has 1 unspecified atom stereocenters. The van der Waals surface area contributed by atoms with Crippen LogP contribution in [-0.4, -0.2) is 164 Å². The molecule has 3 saturated heterocycles. The highest BCUT2D eigenvalue weighted by Gasteiger charge is 2.45. The molecule has 454 valence electrons. The molecule has 5 heterocycles. The van der Waals surface area contributed by atoms with Crippen LogP contribution in [0.3, 0.4) is 0 Å². The molecule has 23 heteroatoms. The number of quaternary nitrogens is 1. The summed E-state index contributed by atoms with van der Waals surface area (Å²) in [5.74, 6) is -0.126. The number of rotatable bonds is 22. The fraction of sp³-hybridized carbons (Fsp3) is 0.381. The summed E-state index contributed by atoms with van der Waals surface area (Å²) in [4.78, 5) is 53.5. The van der Waals surface area contributed by atoms with Gasteiger partial charge in [0.05, 0.1) is 69.5 Å². The number of aliphatic hydroxyl groups excluding tert-OH is 4. The van der Waals surface area contributed by atoms with E-state index in [1.165, 1.54) is 38.5 Å². The molecule has 3 fully saturated rings. The minimum Gasteiger partial charge on any atom is -0.493 e. The largest absolute Gasteiger partial charge is 0.501 e. The number of ketones is 1. The number of hydrogen-bond acceptors (Lipinski definition) is 19. The Hall–Kier alpha value is -8.16. The van der Waals surface area contributed by atoms with Crippen LogP contribution in [0.4, 0.5) is 11.4 Å². The molecule has 10 rings (SSSR count). The number of hydrogen-bond donors (Lipinski definition) is 4. The number of benzene rings is 5. The van der Waals surface area contributed by atoms with Crippen LogP contribution in [0, 0.1) is 5.92 Å². The van der Waals surface area contributed by atoms with E-state index in [0.717, 1.165) is 39.5 Å². The highest BCUT2D eigenvalue weighted by Crippen LogP contribution is 2.42. The van der Waals surface area contributed by atoms with E-state index in [4.69, 9.17) is 46.8 Å². The predicted octanol–water partition coefficient (Wildman–Crippen LogP) is 6.72. The molecular formula is C63H70N5O17S+. The molecular weight excluding hydrogens is 1130 g/mol. The van der Waals surface area contributed by atoms with Gasteiger partial charge in [-0.15, -0.1) is 8.42 Å². The third-order valence-electron chi connectivity index (χ3n) is 15.3. The van der Waals surface area contributed by atoms with Crippen molar-refractivity contribution in [1.29, 1.82) is 0 Å². The van der Waals surface area contributed by atoms with E-state index < -0.39 is 53.5 Å². The Kier molecular flexibility index (Phi) is 17.7. The Balaban J connectivity index is 0.871. The van der Waals surface area contributed by atoms with Crippen molar-refractivity contribution in [2.24, 2.45) is 15.9 Å². The molecule has 0 saturated carbocycles. The summed E-state index contributed by atoms with van der Waals surface area (Å²) >= 11 is 0. The minimum atomic E-state index is -4.95. The monoisotopic (exact) mass is 1200 g/mol. The van der Waals surface area contributed by atoms with Crippen LogP contribution in [0.1, 0.15) is 86.4 Å². The number of aliphatic hydroxyl groups is 4. The second-order valence-corrected chi connectivity index (χ2v) is 24.4. The second-order valence-electron chi connectivity index (χ2n) is 23.2. The third kappa shape index (κ3) is 13.6. The number of methoxy groups -OCH3 is 2. The van der Waals surface area contributed by atoms with E-state index >= 15 is 0 Å². The Morgan fingerprint density at radius 2 is 1.21 bits per heavy atom. The summed E-state index contributed by atoms with van der Waals surface area (Å²) < 4.78 is 74.2. The normalized spacial score (nSPS) is 21.7. The molecule has 0 bridgehead atoms. The second kappa shape index (κ2) is 25.0. The van der Waals surface area contributed by atoms with Crippen molar-refractivity contribution in [2.75, 3.05) is 48.0 Å². The minimum absolute atomic E-state index is 0.0317. The molecule has 0 aromatic heterocycles. The number of fused-ring (bicyclic) bond motifs is 4. The van der Waals surface area contributed by atoms with Gasteiger partial charge in [0.2, 0.25) is 6.29 Å². The summed E-state index contributed by atoms with van der Waals surface area (Å²) in [5, 5.41) is 41.1. The van der Waals surface area contributed by atoms with Crippen LogP contribution in [-0.2, 0) is 41.4 Å². The molecule has 5 aliphatic rings. The highest BCUT2D eigenvalue weighted by atomic mass is 32.3. The van der Waals surface area contributed by atoms with Gasteiger partial charge >= 0.3 is 10.4 Å². The number of nitrogens with zero attached hydrogens (tertiary/aromatic N) is 5. The van der Waals surface area contributed by atoms with Gasteiger partial charge in [0.25, 0.3) is 11.8 Å². The molecule has 5 aromatic carbocycles. The first-order valence-electron chi connectivity index (χ1n) is 28.0. The summed E-state index contributed by atoms with van der Waals surface area (Å²) in [6.45, 7) is 13.1. The van der Waals surface area contributed by atoms with Gasteiger partial charge in [-0.2, -0.15) is 0 Å². The predicted molar refractivity (Wildman–Crippen MR) is 315 cm³/mol. The van der Waals surface area contributed by atoms with Crippen molar-refractivity contribution in [3.63, 3.8) is 0 Å². The smallest absolute Gasteiger partial charge is 0.493 e. The van der Waals surface area contributed by atoms with E-state index in [9.17, 15) is 43.2 Å². The lowest BCUT2D eigenvalue weighted by molar-refractivity contribution is -0.916. The number of carbonyl (C=O) groups excluding carboxylic acids is 3. The van der Waals surface area contributed by atoms with Gasteiger partial charge in [-0.3, -0.25) is 24.4 Å². The van der Waals surface area contributed by atoms with Gasteiger partial charge in [0.15, 0.2) is 40.3 Å². The van der Waals surface area contributed by atoms with Crippen molar-refractivity contribution in [3.05, 3.63) is 148 Å². The average Bonchev–Trinajstić information content (AvgIpc) is 2.06.